The molecule has 1 N–H and O–H groups in total. The maximum Gasteiger partial charge on any atom is 0.333 e. The smallest absolute Gasteiger partial charge is 0.333 e. The maximum atomic E-state index is 12.3. The molecule has 0 unspecified atom stereocenters. The molecule has 0 saturated carbocycles. The van der Waals surface area contributed by atoms with Gasteiger partial charge in [-0.25, -0.2) is 4.79 Å². The van der Waals surface area contributed by atoms with Gasteiger partial charge in [0.05, 0.1) is 0 Å². The third kappa shape index (κ3) is 3.51. The molecule has 0 amide bonds. The van der Waals surface area contributed by atoms with Crippen molar-refractivity contribution >= 4 is 28.4 Å². The monoisotopic (exact) mass is 353 g/mol. The minimum atomic E-state index is -0.591. The van der Waals surface area contributed by atoms with E-state index in [1.807, 2.05) is 18.2 Å². The molecule has 0 spiro atoms. The fourth-order valence-corrected chi connectivity index (χ4v) is 3.20. The van der Waals surface area contributed by atoms with Crippen molar-refractivity contribution in [1.82, 2.24) is 9.13 Å². The molecule has 8 heteroatoms. The lowest BCUT2D eigenvalue weighted by Gasteiger charge is -2.12. The summed E-state index contributed by atoms with van der Waals surface area (Å²) in [5.41, 5.74) is -0.190. The van der Waals surface area contributed by atoms with E-state index in [2.05, 4.69) is 4.99 Å². The molecule has 0 radical (unpaired) electrons. The van der Waals surface area contributed by atoms with Gasteiger partial charge in [-0.05, 0) is 17.7 Å². The Bertz CT molecular complexity index is 887. The fraction of sp³-hybridized carbons (Fsp3) is 0.267. The molecule has 0 saturated heterocycles. The predicted molar refractivity (Wildman–Crippen MR) is 93.8 cm³/mol. The zero-order chi connectivity index (χ0) is 17.1. The second kappa shape index (κ2) is 7.06. The molecule has 0 aliphatic heterocycles. The number of hydrogen-bond acceptors (Lipinski definition) is 5. The number of aromatic hydroxyl groups is 1. The van der Waals surface area contributed by atoms with Crippen LogP contribution in [-0.2, 0) is 19.8 Å². The van der Waals surface area contributed by atoms with Crippen LogP contribution in [-0.4, -0.2) is 26.3 Å². The van der Waals surface area contributed by atoms with Crippen LogP contribution in [0.2, 0.25) is 5.02 Å². The average Bonchev–Trinajstić information content (AvgIpc) is 2.54. The first-order chi connectivity index (χ1) is 10.9. The average molecular weight is 354 g/mol. The molecule has 0 aliphatic rings. The van der Waals surface area contributed by atoms with E-state index in [4.69, 9.17) is 11.6 Å². The summed E-state index contributed by atoms with van der Waals surface area (Å²) in [7, 11) is 4.29. The molecule has 0 atom stereocenters. The lowest BCUT2D eigenvalue weighted by atomic mass is 10.2. The van der Waals surface area contributed by atoms with Gasteiger partial charge in [0, 0.05) is 31.9 Å². The third-order valence-electron chi connectivity index (χ3n) is 3.32. The Morgan fingerprint density at radius 1 is 1.30 bits per heavy atom. The van der Waals surface area contributed by atoms with E-state index in [0.717, 1.165) is 14.7 Å². The molecule has 122 valence electrons. The Morgan fingerprint density at radius 3 is 2.61 bits per heavy atom. The van der Waals surface area contributed by atoms with E-state index in [1.54, 1.807) is 6.07 Å². The topological polar surface area (TPSA) is 76.6 Å². The highest BCUT2D eigenvalue weighted by atomic mass is 35.5. The van der Waals surface area contributed by atoms with Crippen molar-refractivity contribution in [1.29, 1.82) is 0 Å². The summed E-state index contributed by atoms with van der Waals surface area (Å²) in [6, 6.07) is 7.34. The van der Waals surface area contributed by atoms with Crippen molar-refractivity contribution in [2.24, 2.45) is 19.1 Å². The molecular weight excluding hydrogens is 338 g/mol. The van der Waals surface area contributed by atoms with Gasteiger partial charge in [-0.2, -0.15) is 0 Å². The number of halogens is 1. The summed E-state index contributed by atoms with van der Waals surface area (Å²) in [6.45, 7) is 0. The van der Waals surface area contributed by atoms with E-state index >= 15 is 0 Å². The highest BCUT2D eigenvalue weighted by Crippen LogP contribution is 2.23. The van der Waals surface area contributed by atoms with Gasteiger partial charge in [0.2, 0.25) is 5.88 Å². The number of thioether (sulfide) groups is 1. The first-order valence-electron chi connectivity index (χ1n) is 6.70. The van der Waals surface area contributed by atoms with Crippen LogP contribution in [0.5, 0.6) is 5.88 Å². The number of hydrogen-bond donors (Lipinski definition) is 1. The molecular formula is C15H16ClN3O3S. The second-order valence-electron chi connectivity index (χ2n) is 4.85. The first kappa shape index (κ1) is 17.4. The minimum absolute atomic E-state index is 0.0177. The maximum absolute atomic E-state index is 12.3. The number of benzene rings is 1. The summed E-state index contributed by atoms with van der Waals surface area (Å²) < 4.78 is 1.96. The van der Waals surface area contributed by atoms with E-state index in [9.17, 15) is 14.7 Å². The number of nitrogens with zero attached hydrogens (tertiary/aromatic N) is 3. The molecule has 23 heavy (non-hydrogen) atoms. The number of rotatable bonds is 3. The Kier molecular flexibility index (Phi) is 5.33. The molecule has 1 heterocycles. The number of aliphatic imine (C=N–C) groups is 1. The van der Waals surface area contributed by atoms with Crippen LogP contribution in [0.15, 0.2) is 38.8 Å². The van der Waals surface area contributed by atoms with Crippen LogP contribution < -0.4 is 11.2 Å². The molecule has 0 fully saturated rings. The second-order valence-corrected chi connectivity index (χ2v) is 6.25. The summed E-state index contributed by atoms with van der Waals surface area (Å²) in [5, 5.41) is 11.1. The minimum Gasteiger partial charge on any atom is -0.494 e. The highest BCUT2D eigenvalue weighted by molar-refractivity contribution is 8.13. The predicted octanol–water partition coefficient (Wildman–Crippen LogP) is 1.75. The van der Waals surface area contributed by atoms with Crippen molar-refractivity contribution in [3.05, 3.63) is 61.3 Å². The molecule has 1 aromatic heterocycles. The summed E-state index contributed by atoms with van der Waals surface area (Å²) in [6.07, 6.45) is 0. The molecule has 0 aliphatic carbocycles. The van der Waals surface area contributed by atoms with Crippen molar-refractivity contribution in [2.45, 2.75) is 5.75 Å². The SMILES string of the molecule is CN=C(SCc1cccc(Cl)c1)c1c(O)n(C)c(=O)n(C)c1=O. The van der Waals surface area contributed by atoms with E-state index in [0.29, 0.717) is 15.8 Å². The van der Waals surface area contributed by atoms with Gasteiger partial charge in [0.15, 0.2) is 0 Å². The van der Waals surface area contributed by atoms with Gasteiger partial charge in [-0.1, -0.05) is 23.7 Å². The van der Waals surface area contributed by atoms with Crippen molar-refractivity contribution in [3.63, 3.8) is 0 Å². The van der Waals surface area contributed by atoms with Crippen molar-refractivity contribution < 1.29 is 5.11 Å². The lowest BCUT2D eigenvalue weighted by Crippen LogP contribution is -2.39. The zero-order valence-electron chi connectivity index (χ0n) is 12.9. The van der Waals surface area contributed by atoms with Crippen LogP contribution in [0.1, 0.15) is 11.1 Å². The van der Waals surface area contributed by atoms with Gasteiger partial charge in [-0.3, -0.25) is 18.9 Å². The van der Waals surface area contributed by atoms with Gasteiger partial charge in [0.1, 0.15) is 10.6 Å². The summed E-state index contributed by atoms with van der Waals surface area (Å²) in [4.78, 5) is 28.2. The van der Waals surface area contributed by atoms with Gasteiger partial charge < -0.3 is 5.11 Å². The number of aromatic nitrogens is 2. The largest absolute Gasteiger partial charge is 0.494 e. The van der Waals surface area contributed by atoms with E-state index < -0.39 is 17.1 Å². The Morgan fingerprint density at radius 2 is 2.00 bits per heavy atom. The van der Waals surface area contributed by atoms with Gasteiger partial charge in [0.25, 0.3) is 5.56 Å². The lowest BCUT2D eigenvalue weighted by molar-refractivity contribution is 0.410. The van der Waals surface area contributed by atoms with E-state index in [1.165, 1.54) is 32.9 Å². The normalized spacial score (nSPS) is 11.7. The molecule has 6 nitrogen and oxygen atoms in total. The first-order valence-corrected chi connectivity index (χ1v) is 8.06. The summed E-state index contributed by atoms with van der Waals surface area (Å²) >= 11 is 7.24. The fourth-order valence-electron chi connectivity index (χ4n) is 2.05. The Labute approximate surface area is 142 Å². The van der Waals surface area contributed by atoms with Crippen LogP contribution in [0.4, 0.5) is 0 Å². The third-order valence-corrected chi connectivity index (χ3v) is 4.69. The molecule has 1 aromatic carbocycles. The van der Waals surface area contributed by atoms with Gasteiger partial charge >= 0.3 is 5.69 Å². The molecule has 2 aromatic rings. The summed E-state index contributed by atoms with van der Waals surface area (Å²) in [5.74, 6) is 0.135. The van der Waals surface area contributed by atoms with Crippen LogP contribution in [0.3, 0.4) is 0 Å². The molecule has 2 rings (SSSR count). The highest BCUT2D eigenvalue weighted by Gasteiger charge is 2.20. The standard InChI is InChI=1S/C15H16ClN3O3S/c1-17-12(23-8-9-5-4-6-10(16)7-9)11-13(20)18(2)15(22)19(3)14(11)21/h4-7,20H,8H2,1-3H3. The van der Waals surface area contributed by atoms with Crippen molar-refractivity contribution in [3.8, 4) is 5.88 Å². The zero-order valence-corrected chi connectivity index (χ0v) is 14.5. The molecule has 0 bridgehead atoms. The van der Waals surface area contributed by atoms with Gasteiger partial charge in [-0.15, -0.1) is 11.8 Å². The Balaban J connectivity index is 2.40. The quantitative estimate of drug-likeness (QED) is 0.673. The van der Waals surface area contributed by atoms with Crippen LogP contribution >= 0.6 is 23.4 Å². The Hall–Kier alpha value is -1.99. The van der Waals surface area contributed by atoms with Crippen molar-refractivity contribution in [2.75, 3.05) is 7.05 Å². The van der Waals surface area contributed by atoms with E-state index in [-0.39, 0.29) is 5.56 Å². The van der Waals surface area contributed by atoms with Crippen LogP contribution in [0.25, 0.3) is 0 Å². The van der Waals surface area contributed by atoms with Crippen LogP contribution in [0, 0.1) is 0 Å².